The minimum absolute atomic E-state index is 0. The standard InChI is InChI=1S/C32H47N3O8.C32H45N3O8.C5H11ClNO.C5H11NO2.2ClH/c2*1-8-12-34-28-23-13-18(2)14-27(42-7)29(37)21(5)15-20(4)26(43-32(33)40)16-22(41-6)11-9-10-19(3)31(39)35-24(30(23)38)17-25(28)36;1-7(2,3)4-5(6)8;1-6(2,3)4-5(7)8;;/h8-11,15,17-18,21-22,26-27,29,34,36-38H,1,12-14,16H2,2-7H3,(H2,33,40)(H,35,39);8-11,15,17-18,21-22,26-27,29,34,37H,1,12-14,16H2,2-7H3,(H2,33,40)(H,35,39);2*4H2,1-3H3;2*1H/q;;+1;;;/p-1/b2*11-9-,19-10+,20-15+;;;;/t2*18-,21+,22+,26-,27+,29-;;;;/m11..../s1. The molecule has 0 unspecified atom stereocenters. The Labute approximate surface area is 631 Å². The van der Waals surface area contributed by atoms with Crippen LogP contribution >= 0.6 is 11.6 Å². The number of carbonyl (C=O) groups excluding carboxylic acids is 8. The number of likely N-dealkylation sites (N-methyl/N-ethyl adjacent to an activating group) is 2. The predicted octanol–water partition coefficient (Wildman–Crippen LogP) is -0.835. The Balaban J connectivity index is 0. The number of methoxy groups -OCH3 is 4. The third-order valence-corrected chi connectivity index (χ3v) is 16.5. The maximum Gasteiger partial charge on any atom is 0.405 e. The zero-order valence-electron chi connectivity index (χ0n) is 63.5. The number of aliphatic hydroxyl groups is 2. The number of carboxylic acids is 1. The first kappa shape index (κ1) is 98.5. The third kappa shape index (κ3) is 36.5. The molecule has 0 saturated carbocycles. The fourth-order valence-corrected chi connectivity index (χ4v) is 11.4. The molecule has 1 aromatic rings. The van der Waals surface area contributed by atoms with E-state index in [0.717, 1.165) is 6.08 Å². The van der Waals surface area contributed by atoms with Gasteiger partial charge < -0.3 is 125 Å². The van der Waals surface area contributed by atoms with Crippen LogP contribution in [0.2, 0.25) is 0 Å². The molecule has 3 aliphatic rings. The number of rotatable bonds is 16. The first-order chi connectivity index (χ1) is 47.5. The number of phenolic OH excluding ortho intramolecular Hbond substituents is 2. The van der Waals surface area contributed by atoms with Crippen LogP contribution in [0.15, 0.2) is 125 Å². The van der Waals surface area contributed by atoms with Gasteiger partial charge in [-0.05, 0) is 94.0 Å². The molecule has 586 valence electrons. The van der Waals surface area contributed by atoms with Gasteiger partial charge in [-0.1, -0.05) is 89.0 Å². The van der Waals surface area contributed by atoms with Crippen molar-refractivity contribution in [3.63, 3.8) is 0 Å². The average molecular weight is 1530 g/mol. The number of nitrogens with one attached hydrogen (secondary N) is 3. The van der Waals surface area contributed by atoms with E-state index in [2.05, 4.69) is 29.1 Å². The molecule has 1 aromatic carbocycles. The van der Waals surface area contributed by atoms with Crippen LogP contribution in [0.5, 0.6) is 11.5 Å². The van der Waals surface area contributed by atoms with E-state index in [9.17, 15) is 63.9 Å². The number of amides is 4. The van der Waals surface area contributed by atoms with Crippen LogP contribution < -0.4 is 62.7 Å². The third-order valence-electron chi connectivity index (χ3n) is 16.3. The fraction of sp³-hybridized carbons (Fsp3) is 0.541. The van der Waals surface area contributed by atoms with Gasteiger partial charge >= 0.3 is 12.2 Å². The van der Waals surface area contributed by atoms with Gasteiger partial charge in [-0.15, -0.1) is 6.58 Å². The Morgan fingerprint density at radius 2 is 1.13 bits per heavy atom. The molecule has 0 fully saturated rings. The van der Waals surface area contributed by atoms with Crippen LogP contribution in [0, 0.1) is 23.7 Å². The molecule has 13 N–H and O–H groups in total. The number of ether oxygens (including phenoxy) is 6. The maximum atomic E-state index is 13.6. The first-order valence-electron chi connectivity index (χ1n) is 33.5. The quantitative estimate of drug-likeness (QED) is 0.0184. The highest BCUT2D eigenvalue weighted by Gasteiger charge is 2.35. The Morgan fingerprint density at radius 3 is 1.50 bits per heavy atom. The summed E-state index contributed by atoms with van der Waals surface area (Å²) in [6.45, 7) is 22.9. The fourth-order valence-electron chi connectivity index (χ4n) is 11.0. The van der Waals surface area contributed by atoms with E-state index in [1.165, 1.54) is 34.5 Å². The van der Waals surface area contributed by atoms with Crippen LogP contribution in [0.25, 0.3) is 0 Å². The zero-order chi connectivity index (χ0) is 78.1. The van der Waals surface area contributed by atoms with Crippen LogP contribution in [0.3, 0.4) is 0 Å². The number of allylic oxidation sites excluding steroid dienone is 6. The Morgan fingerprint density at radius 1 is 0.692 bits per heavy atom. The second-order valence-corrected chi connectivity index (χ2v) is 28.1. The van der Waals surface area contributed by atoms with Gasteiger partial charge in [-0.2, -0.15) is 0 Å². The molecule has 12 atom stereocenters. The van der Waals surface area contributed by atoms with Crippen molar-refractivity contribution >= 4 is 69.8 Å². The van der Waals surface area contributed by atoms with Crippen LogP contribution in [0.4, 0.5) is 21.0 Å². The number of fused-ring (bicyclic) bond motifs is 4. The number of anilines is 1. The number of aliphatic hydroxyl groups excluding tert-OH is 2. The molecule has 104 heavy (non-hydrogen) atoms. The number of phenols is 2. The number of carbonyl (C=O) groups is 8. The van der Waals surface area contributed by atoms with Gasteiger partial charge in [-0.3, -0.25) is 24.0 Å². The molecule has 4 amide bonds. The van der Waals surface area contributed by atoms with Crippen molar-refractivity contribution in [3.05, 3.63) is 131 Å². The van der Waals surface area contributed by atoms with Crippen molar-refractivity contribution in [2.45, 2.75) is 143 Å². The molecule has 0 radical (unpaired) electrons. The highest BCUT2D eigenvalue weighted by molar-refractivity contribution is 6.63. The second kappa shape index (κ2) is 48.6. The number of nitrogens with two attached hydrogens (primary N) is 3. The maximum absolute atomic E-state index is 13.6. The van der Waals surface area contributed by atoms with E-state index >= 15 is 0 Å². The average Bonchev–Trinajstić information content (AvgIpc) is 0.803. The van der Waals surface area contributed by atoms with Crippen molar-refractivity contribution < 1.29 is 131 Å². The van der Waals surface area contributed by atoms with Gasteiger partial charge in [0.1, 0.15) is 24.5 Å². The van der Waals surface area contributed by atoms with E-state index in [1.807, 2.05) is 54.9 Å². The minimum atomic E-state index is -1.00. The second-order valence-electron chi connectivity index (χ2n) is 27.7. The molecule has 0 spiro atoms. The molecule has 4 bridgehead atoms. The molecule has 27 nitrogen and oxygen atoms in total. The van der Waals surface area contributed by atoms with Crippen molar-refractivity contribution in [1.82, 2.24) is 10.6 Å². The normalized spacial score (nSPS) is 26.8. The Kier molecular flexibility index (Phi) is 46.0. The molecular weight excluding hydrogens is 1410 g/mol. The molecule has 1 aliphatic carbocycles. The lowest BCUT2D eigenvalue weighted by Crippen LogP contribution is -3.00. The number of quaternary nitrogens is 3. The highest BCUT2D eigenvalue weighted by atomic mass is 35.5. The number of benzene rings is 1. The first-order valence-corrected chi connectivity index (χ1v) is 33.8. The Hall–Kier alpha value is -7.51. The summed E-state index contributed by atoms with van der Waals surface area (Å²) in [6, 6.07) is 1.32. The lowest BCUT2D eigenvalue weighted by atomic mass is 9.85. The number of ketones is 2. The van der Waals surface area contributed by atoms with Crippen molar-refractivity contribution in [2.24, 2.45) is 35.1 Å². The number of nitrogens with zero attached hydrogens (tertiary/aromatic N) is 2. The summed E-state index contributed by atoms with van der Waals surface area (Å²) in [5, 5.41) is 64.3. The van der Waals surface area contributed by atoms with Crippen LogP contribution in [-0.4, -0.2) is 222 Å². The van der Waals surface area contributed by atoms with Crippen molar-refractivity contribution in [2.75, 3.05) is 102 Å². The molecule has 2 heterocycles. The zero-order valence-corrected chi connectivity index (χ0v) is 65.8. The smallest absolute Gasteiger partial charge is 0.405 e. The summed E-state index contributed by atoms with van der Waals surface area (Å²) in [5.74, 6) is -4.28. The monoisotopic (exact) mass is 1520 g/mol. The summed E-state index contributed by atoms with van der Waals surface area (Å²) in [4.78, 5) is 96.1. The van der Waals surface area contributed by atoms with Gasteiger partial charge in [0, 0.05) is 88.5 Å². The number of Topliss-reactive ketones (excluding diaryl/α,β-unsaturated/α-hetero) is 1. The summed E-state index contributed by atoms with van der Waals surface area (Å²) < 4.78 is 34.3. The van der Waals surface area contributed by atoms with Crippen LogP contribution in [-0.2, 0) is 63.6 Å². The summed E-state index contributed by atoms with van der Waals surface area (Å²) >= 11 is 5.11. The van der Waals surface area contributed by atoms with E-state index in [-0.39, 0.29) is 120 Å². The van der Waals surface area contributed by atoms with E-state index in [4.69, 9.17) is 51.5 Å². The summed E-state index contributed by atoms with van der Waals surface area (Å²) in [6.07, 6.45) is 12.2. The van der Waals surface area contributed by atoms with Gasteiger partial charge in [0.05, 0.1) is 114 Å². The predicted molar refractivity (Wildman–Crippen MR) is 389 cm³/mol. The topological polar surface area (TPSA) is 401 Å². The highest BCUT2D eigenvalue weighted by Crippen LogP contribution is 2.41. The van der Waals surface area contributed by atoms with Crippen molar-refractivity contribution in [3.8, 4) is 11.5 Å². The summed E-state index contributed by atoms with van der Waals surface area (Å²) in [7, 11) is 17.2. The Bertz CT molecular complexity index is 3290. The molecule has 30 heteroatoms. The van der Waals surface area contributed by atoms with Crippen molar-refractivity contribution in [1.29, 1.82) is 0 Å². The SMILES string of the molecule is C=CCNC1=C2C[C@@H](C)C[C@H](OC)[C@H](O)[C@@H](C)/C=C(\C)[C@H](OC(N)=O)C[C@@H](OC)/C=C\C=C(/C)C(=O)NC(=CC1=O)C2=O.C=CC[NH2+]c1c(O)cc2c(O)c1C[C@@H](C)C[C@H](OC)[C@H](O)[C@@H](C)/C=C(\C)[C@H](OC(N)=O)C[C@@H](OC)/C=C\C=C(/C)C(=O)N2.C[N+](C)(C)CC(=O)Cl.C[N+](C)(C)CC(=O)[O-].[Cl-].[Cl-]. The molecule has 4 rings (SSSR count). The molecular formula is C74H115Cl3N8O19. The number of carboxylic acid groups (broad SMARTS) is 1. The van der Waals surface area contributed by atoms with Gasteiger partial charge in [0.25, 0.3) is 17.1 Å². The van der Waals surface area contributed by atoms with Gasteiger partial charge in [-0.25, -0.2) is 9.59 Å². The van der Waals surface area contributed by atoms with Crippen LogP contribution in [0.1, 0.15) is 93.1 Å². The lowest BCUT2D eigenvalue weighted by molar-refractivity contribution is -0.864. The van der Waals surface area contributed by atoms with Gasteiger partial charge in [0.2, 0.25) is 11.6 Å². The number of halogens is 3. The number of aromatic hydroxyl groups is 2. The largest absolute Gasteiger partial charge is 1.00 e. The minimum Gasteiger partial charge on any atom is -1.00 e. The molecule has 0 saturated heterocycles. The van der Waals surface area contributed by atoms with E-state index in [1.54, 1.807) is 109 Å². The van der Waals surface area contributed by atoms with E-state index in [0.29, 0.717) is 69.3 Å². The number of hydrogen-bond donors (Lipinski definition) is 10. The molecule has 0 aromatic heterocycles. The van der Waals surface area contributed by atoms with Gasteiger partial charge in [0.15, 0.2) is 18.0 Å². The molecule has 2 aliphatic heterocycles. The number of hydrogen-bond acceptors (Lipinski definition) is 20. The van der Waals surface area contributed by atoms with E-state index < -0.39 is 96.3 Å². The number of aliphatic carboxylic acids is 1. The number of primary amides is 2. The summed E-state index contributed by atoms with van der Waals surface area (Å²) in [5.41, 5.74) is 13.9. The lowest BCUT2D eigenvalue weighted by Gasteiger charge is -2.29.